The van der Waals surface area contributed by atoms with Crippen LogP contribution >= 0.6 is 0 Å². The van der Waals surface area contributed by atoms with Gasteiger partial charge in [-0.05, 0) is 48.6 Å². The molecule has 2 fully saturated rings. The molecule has 2 aliphatic rings. The van der Waals surface area contributed by atoms with Crippen LogP contribution in [-0.2, 0) is 9.73 Å². The molecule has 0 heterocycles. The van der Waals surface area contributed by atoms with Crippen LogP contribution in [-0.4, -0.2) is 27.7 Å². The SMILES string of the molecule is CN=[S@](=O)(C[C@@]1(O)C[C@H]2C[C@H]1C(C)(C)C2)c1ccccc1. The fourth-order valence-corrected chi connectivity index (χ4v) is 6.84. The highest BCUT2D eigenvalue weighted by Crippen LogP contribution is 2.60. The Bertz CT molecular complexity index is 646. The van der Waals surface area contributed by atoms with Gasteiger partial charge < -0.3 is 5.11 Å². The van der Waals surface area contributed by atoms with E-state index in [-0.39, 0.29) is 17.1 Å². The number of hydrogen-bond acceptors (Lipinski definition) is 3. The van der Waals surface area contributed by atoms with E-state index < -0.39 is 15.3 Å². The van der Waals surface area contributed by atoms with Crippen molar-refractivity contribution in [2.75, 3.05) is 12.8 Å². The number of rotatable bonds is 3. The lowest BCUT2D eigenvalue weighted by atomic mass is 9.69. The monoisotopic (exact) mass is 307 g/mol. The molecular formula is C17H25NO2S. The van der Waals surface area contributed by atoms with Crippen molar-refractivity contribution < 1.29 is 9.32 Å². The van der Waals surface area contributed by atoms with E-state index in [2.05, 4.69) is 18.2 Å². The molecule has 2 saturated carbocycles. The first-order chi connectivity index (χ1) is 9.79. The first-order valence-electron chi connectivity index (χ1n) is 7.69. The Morgan fingerprint density at radius 3 is 2.48 bits per heavy atom. The lowest BCUT2D eigenvalue weighted by Gasteiger charge is -2.42. The van der Waals surface area contributed by atoms with Crippen LogP contribution in [0, 0.1) is 17.3 Å². The molecule has 3 nitrogen and oxygen atoms in total. The van der Waals surface area contributed by atoms with Crippen molar-refractivity contribution in [1.29, 1.82) is 0 Å². The summed E-state index contributed by atoms with van der Waals surface area (Å²) in [5.41, 5.74) is -0.693. The zero-order valence-corrected chi connectivity index (χ0v) is 13.9. The molecule has 0 spiro atoms. The van der Waals surface area contributed by atoms with Crippen molar-refractivity contribution in [3.63, 3.8) is 0 Å². The van der Waals surface area contributed by atoms with Crippen LogP contribution in [0.1, 0.15) is 33.1 Å². The first kappa shape index (κ1) is 15.0. The minimum atomic E-state index is -2.55. The molecule has 0 aromatic heterocycles. The van der Waals surface area contributed by atoms with E-state index in [1.807, 2.05) is 30.3 Å². The van der Waals surface area contributed by atoms with Gasteiger partial charge in [0, 0.05) is 11.9 Å². The second-order valence-electron chi connectivity index (χ2n) is 7.44. The summed E-state index contributed by atoms with van der Waals surface area (Å²) in [4.78, 5) is 0.738. The largest absolute Gasteiger partial charge is 0.389 e. The minimum Gasteiger partial charge on any atom is -0.389 e. The molecule has 0 radical (unpaired) electrons. The number of benzene rings is 1. The second kappa shape index (κ2) is 4.82. The summed E-state index contributed by atoms with van der Waals surface area (Å²) in [6.45, 7) is 4.46. The van der Waals surface area contributed by atoms with Gasteiger partial charge in [-0.1, -0.05) is 32.0 Å². The minimum absolute atomic E-state index is 0.141. The Morgan fingerprint density at radius 1 is 1.29 bits per heavy atom. The molecule has 21 heavy (non-hydrogen) atoms. The Kier molecular flexibility index (Phi) is 3.45. The van der Waals surface area contributed by atoms with Gasteiger partial charge in [-0.25, -0.2) is 8.57 Å². The molecule has 0 amide bonds. The molecule has 4 atom stereocenters. The molecule has 1 N–H and O–H groups in total. The molecule has 0 unspecified atom stereocenters. The van der Waals surface area contributed by atoms with E-state index in [0.29, 0.717) is 5.92 Å². The van der Waals surface area contributed by atoms with Crippen molar-refractivity contribution in [2.24, 2.45) is 21.6 Å². The molecule has 2 bridgehead atoms. The van der Waals surface area contributed by atoms with E-state index in [4.69, 9.17) is 0 Å². The van der Waals surface area contributed by atoms with Gasteiger partial charge in [0.2, 0.25) is 0 Å². The van der Waals surface area contributed by atoms with E-state index in [9.17, 15) is 9.32 Å². The van der Waals surface area contributed by atoms with Crippen LogP contribution in [0.25, 0.3) is 0 Å². The van der Waals surface area contributed by atoms with Crippen LogP contribution < -0.4 is 0 Å². The molecule has 4 heteroatoms. The maximum absolute atomic E-state index is 13.3. The third-order valence-corrected chi connectivity index (χ3v) is 7.96. The van der Waals surface area contributed by atoms with Crippen molar-refractivity contribution in [3.8, 4) is 0 Å². The Balaban J connectivity index is 1.94. The Labute approximate surface area is 128 Å². The summed E-state index contributed by atoms with van der Waals surface area (Å²) in [7, 11) is -0.937. The average molecular weight is 307 g/mol. The standard InChI is InChI=1S/C17H25NO2S/c1-16(2)10-13-9-15(16)17(19,11-13)12-21(20,18-3)14-7-5-4-6-8-14/h4-8,13,15,19H,9-12H2,1-3H3/t13-,15-,17-,21-/m0/s1. The van der Waals surface area contributed by atoms with Gasteiger partial charge in [-0.2, -0.15) is 0 Å². The smallest absolute Gasteiger partial charge is 0.0810 e. The van der Waals surface area contributed by atoms with Crippen molar-refractivity contribution in [3.05, 3.63) is 30.3 Å². The summed E-state index contributed by atoms with van der Waals surface area (Å²) < 4.78 is 17.5. The molecule has 1 aromatic rings. The average Bonchev–Trinajstić information content (AvgIpc) is 2.91. The Hall–Kier alpha value is -0.870. The molecule has 3 rings (SSSR count). The lowest BCUT2D eigenvalue weighted by Crippen LogP contribution is -2.48. The molecule has 0 saturated heterocycles. The summed E-state index contributed by atoms with van der Waals surface area (Å²) in [5.74, 6) is 1.08. The second-order valence-corrected chi connectivity index (χ2v) is 9.84. The normalized spacial score (nSPS) is 36.4. The van der Waals surface area contributed by atoms with Gasteiger partial charge in [0.1, 0.15) is 0 Å². The fourth-order valence-electron chi connectivity index (χ4n) is 4.75. The van der Waals surface area contributed by atoms with Gasteiger partial charge in [-0.3, -0.25) is 0 Å². The summed E-state index contributed by atoms with van der Waals surface area (Å²) in [5, 5.41) is 11.2. The van der Waals surface area contributed by atoms with E-state index in [1.54, 1.807) is 7.05 Å². The lowest BCUT2D eigenvalue weighted by molar-refractivity contribution is -0.0423. The van der Waals surface area contributed by atoms with Crippen LogP contribution in [0.2, 0.25) is 0 Å². The topological polar surface area (TPSA) is 49.7 Å². The highest BCUT2D eigenvalue weighted by atomic mass is 32.2. The van der Waals surface area contributed by atoms with E-state index >= 15 is 0 Å². The summed E-state index contributed by atoms with van der Waals surface area (Å²) in [6.07, 6.45) is 3.02. The van der Waals surface area contributed by atoms with Crippen LogP contribution in [0.4, 0.5) is 0 Å². The van der Waals surface area contributed by atoms with Crippen LogP contribution in [0.15, 0.2) is 39.6 Å². The number of fused-ring (bicyclic) bond motifs is 2. The predicted octanol–water partition coefficient (Wildman–Crippen LogP) is 3.33. The molecular weight excluding hydrogens is 282 g/mol. The van der Waals surface area contributed by atoms with Crippen LogP contribution in [0.3, 0.4) is 0 Å². The maximum atomic E-state index is 13.3. The molecule has 2 aliphatic carbocycles. The maximum Gasteiger partial charge on any atom is 0.0810 e. The predicted molar refractivity (Wildman–Crippen MR) is 85.6 cm³/mol. The van der Waals surface area contributed by atoms with Gasteiger partial charge in [0.05, 0.1) is 21.1 Å². The highest BCUT2D eigenvalue weighted by Gasteiger charge is 2.59. The fraction of sp³-hybridized carbons (Fsp3) is 0.647. The third kappa shape index (κ3) is 2.42. The van der Waals surface area contributed by atoms with E-state index in [0.717, 1.165) is 17.7 Å². The molecule has 116 valence electrons. The summed E-state index contributed by atoms with van der Waals surface area (Å²) >= 11 is 0. The zero-order valence-electron chi connectivity index (χ0n) is 13.1. The van der Waals surface area contributed by atoms with Crippen LogP contribution in [0.5, 0.6) is 0 Å². The number of nitrogens with zero attached hydrogens (tertiary/aromatic N) is 1. The number of aliphatic hydroxyl groups is 1. The highest BCUT2D eigenvalue weighted by molar-refractivity contribution is 7.93. The first-order valence-corrected chi connectivity index (χ1v) is 9.38. The van der Waals surface area contributed by atoms with Gasteiger partial charge in [-0.15, -0.1) is 0 Å². The zero-order chi connectivity index (χ0) is 15.3. The van der Waals surface area contributed by atoms with E-state index in [1.165, 1.54) is 6.42 Å². The third-order valence-electron chi connectivity index (χ3n) is 5.47. The number of hydrogen-bond donors (Lipinski definition) is 1. The quantitative estimate of drug-likeness (QED) is 0.931. The Morgan fingerprint density at radius 2 is 1.95 bits per heavy atom. The summed E-state index contributed by atoms with van der Waals surface area (Å²) in [6, 6.07) is 9.40. The van der Waals surface area contributed by atoms with Gasteiger partial charge >= 0.3 is 0 Å². The molecule has 0 aliphatic heterocycles. The molecule has 1 aromatic carbocycles. The van der Waals surface area contributed by atoms with Crippen molar-refractivity contribution in [2.45, 2.75) is 43.6 Å². The van der Waals surface area contributed by atoms with Crippen molar-refractivity contribution in [1.82, 2.24) is 0 Å². The van der Waals surface area contributed by atoms with Gasteiger partial charge in [0.15, 0.2) is 0 Å². The van der Waals surface area contributed by atoms with Gasteiger partial charge in [0.25, 0.3) is 0 Å². The van der Waals surface area contributed by atoms with Crippen molar-refractivity contribution >= 4 is 9.73 Å².